The smallest absolute Gasteiger partial charge is 0.313 e. The van der Waals surface area contributed by atoms with Crippen molar-refractivity contribution in [3.63, 3.8) is 0 Å². The molecule has 1 fully saturated rings. The maximum atomic E-state index is 12.4. The largest absolute Gasteiger partial charge is 0.354 e. The maximum Gasteiger partial charge on any atom is 0.313 e. The molecule has 8 heteroatoms. The highest BCUT2D eigenvalue weighted by molar-refractivity contribution is 6.39. The van der Waals surface area contributed by atoms with Gasteiger partial charge in [-0.25, -0.2) is 0 Å². The molecule has 1 aromatic rings. The zero-order valence-corrected chi connectivity index (χ0v) is 15.6. The molecule has 1 aliphatic carbocycles. The quantitative estimate of drug-likeness (QED) is 0.572. The number of nitrogens with zero attached hydrogens (tertiary/aromatic N) is 1. The molecule has 8 nitrogen and oxygen atoms in total. The van der Waals surface area contributed by atoms with Crippen LogP contribution in [-0.2, 0) is 30.3 Å². The summed E-state index contributed by atoms with van der Waals surface area (Å²) in [5.41, 5.74) is 2.44. The molecule has 0 atom stereocenters. The van der Waals surface area contributed by atoms with Gasteiger partial charge in [0.2, 0.25) is 5.91 Å². The first kappa shape index (κ1) is 19.3. The number of hydrogen-bond donors (Lipinski definition) is 2. The first-order chi connectivity index (χ1) is 13.0. The Bertz CT molecular complexity index is 728. The number of anilines is 2. The number of carbonyl (C=O) groups excluding carboxylic acids is 3. The number of rotatable bonds is 6. The van der Waals surface area contributed by atoms with E-state index in [1.54, 1.807) is 6.07 Å². The molecule has 0 saturated heterocycles. The topological polar surface area (TPSA) is 97.0 Å². The van der Waals surface area contributed by atoms with E-state index in [-0.39, 0.29) is 18.4 Å². The zero-order chi connectivity index (χ0) is 19.4. The molecule has 1 saturated carbocycles. The van der Waals surface area contributed by atoms with E-state index >= 15 is 0 Å². The van der Waals surface area contributed by atoms with E-state index in [1.165, 1.54) is 14.2 Å². The lowest BCUT2D eigenvalue weighted by atomic mass is 10.0. The van der Waals surface area contributed by atoms with Gasteiger partial charge in [-0.3, -0.25) is 14.4 Å². The second kappa shape index (κ2) is 8.49. The van der Waals surface area contributed by atoms with Crippen LogP contribution in [0.4, 0.5) is 11.4 Å². The second-order valence-corrected chi connectivity index (χ2v) is 6.78. The minimum Gasteiger partial charge on any atom is -0.354 e. The number of benzene rings is 1. The molecule has 0 radical (unpaired) electrons. The number of ether oxygens (including phenoxy) is 2. The monoisotopic (exact) mass is 375 g/mol. The van der Waals surface area contributed by atoms with E-state index in [0.717, 1.165) is 43.5 Å². The van der Waals surface area contributed by atoms with Gasteiger partial charge in [-0.1, -0.05) is 0 Å². The Morgan fingerprint density at radius 3 is 2.59 bits per heavy atom. The molecule has 0 spiro atoms. The SMILES string of the molecule is COC(CNC(=O)C(=O)Nc1ccc2c(c1)CCCN2C(=O)C1CC1)OC. The van der Waals surface area contributed by atoms with Crippen LogP contribution in [0, 0.1) is 5.92 Å². The van der Waals surface area contributed by atoms with Gasteiger partial charge in [0.05, 0.1) is 6.54 Å². The third-order valence-electron chi connectivity index (χ3n) is 4.81. The van der Waals surface area contributed by atoms with Gasteiger partial charge in [-0.15, -0.1) is 0 Å². The van der Waals surface area contributed by atoms with Crippen molar-refractivity contribution in [2.75, 3.05) is 37.5 Å². The molecule has 27 heavy (non-hydrogen) atoms. The van der Waals surface area contributed by atoms with Crippen LogP contribution in [0.2, 0.25) is 0 Å². The highest BCUT2D eigenvalue weighted by atomic mass is 16.7. The first-order valence-electron chi connectivity index (χ1n) is 9.12. The predicted octanol–water partition coefficient (Wildman–Crippen LogP) is 1.05. The Morgan fingerprint density at radius 1 is 1.19 bits per heavy atom. The summed E-state index contributed by atoms with van der Waals surface area (Å²) in [6.45, 7) is 0.804. The molecule has 1 aromatic carbocycles. The molecule has 1 heterocycles. The highest BCUT2D eigenvalue weighted by Gasteiger charge is 2.35. The summed E-state index contributed by atoms with van der Waals surface area (Å²) in [7, 11) is 2.90. The van der Waals surface area contributed by atoms with E-state index in [9.17, 15) is 14.4 Å². The van der Waals surface area contributed by atoms with Crippen molar-refractivity contribution in [1.82, 2.24) is 5.32 Å². The van der Waals surface area contributed by atoms with Gasteiger partial charge >= 0.3 is 11.8 Å². The van der Waals surface area contributed by atoms with Gasteiger partial charge in [0, 0.05) is 38.1 Å². The Kier molecular flexibility index (Phi) is 6.08. The molecule has 1 aliphatic heterocycles. The minimum atomic E-state index is -0.766. The van der Waals surface area contributed by atoms with Crippen LogP contribution < -0.4 is 15.5 Å². The lowest BCUT2D eigenvalue weighted by Crippen LogP contribution is -2.40. The molecule has 3 amide bonds. The minimum absolute atomic E-state index is 0.0711. The zero-order valence-electron chi connectivity index (χ0n) is 15.6. The Balaban J connectivity index is 1.62. The van der Waals surface area contributed by atoms with Gasteiger partial charge in [0.1, 0.15) is 0 Å². The first-order valence-corrected chi connectivity index (χ1v) is 9.12. The highest BCUT2D eigenvalue weighted by Crippen LogP contribution is 2.36. The van der Waals surface area contributed by atoms with Gasteiger partial charge in [-0.05, 0) is 49.4 Å². The summed E-state index contributed by atoms with van der Waals surface area (Å²) in [5.74, 6) is -1.17. The number of fused-ring (bicyclic) bond motifs is 1. The van der Waals surface area contributed by atoms with Crippen LogP contribution in [0.3, 0.4) is 0 Å². The number of hydrogen-bond acceptors (Lipinski definition) is 5. The predicted molar refractivity (Wildman–Crippen MR) is 99.3 cm³/mol. The summed E-state index contributed by atoms with van der Waals surface area (Å²) in [6.07, 6.45) is 3.06. The molecule has 3 rings (SSSR count). The second-order valence-electron chi connectivity index (χ2n) is 6.78. The van der Waals surface area contributed by atoms with E-state index in [4.69, 9.17) is 9.47 Å². The van der Waals surface area contributed by atoms with Gasteiger partial charge in [0.25, 0.3) is 0 Å². The fraction of sp³-hybridized carbons (Fsp3) is 0.526. The number of amides is 3. The van der Waals surface area contributed by atoms with Crippen LogP contribution in [0.15, 0.2) is 18.2 Å². The lowest BCUT2D eigenvalue weighted by molar-refractivity contribution is -0.139. The van der Waals surface area contributed by atoms with Crippen molar-refractivity contribution >= 4 is 29.1 Å². The normalized spacial score (nSPS) is 16.0. The van der Waals surface area contributed by atoms with Crippen LogP contribution in [0.5, 0.6) is 0 Å². The summed E-state index contributed by atoms with van der Waals surface area (Å²) in [6, 6.07) is 5.39. The number of aryl methyl sites for hydroxylation is 1. The molecule has 2 N–H and O–H groups in total. The van der Waals surface area contributed by atoms with Crippen LogP contribution in [-0.4, -0.2) is 51.3 Å². The Labute approximate surface area is 158 Å². The molecular formula is C19H25N3O5. The fourth-order valence-corrected chi connectivity index (χ4v) is 3.16. The molecule has 2 aliphatic rings. The van der Waals surface area contributed by atoms with Crippen molar-refractivity contribution in [3.05, 3.63) is 23.8 Å². The Morgan fingerprint density at radius 2 is 1.93 bits per heavy atom. The van der Waals surface area contributed by atoms with Crippen molar-refractivity contribution < 1.29 is 23.9 Å². The summed E-state index contributed by atoms with van der Waals surface area (Å²) in [5, 5.41) is 5.05. The standard InChI is InChI=1S/C19H25N3O5/c1-26-16(27-2)11-20-17(23)18(24)21-14-7-8-15-13(10-14)4-3-9-22(15)19(25)12-5-6-12/h7-8,10,12,16H,3-6,9,11H2,1-2H3,(H,20,23)(H,21,24). The fourth-order valence-electron chi connectivity index (χ4n) is 3.16. The molecular weight excluding hydrogens is 350 g/mol. The molecule has 146 valence electrons. The molecule has 0 aromatic heterocycles. The van der Waals surface area contributed by atoms with Crippen molar-refractivity contribution in [1.29, 1.82) is 0 Å². The van der Waals surface area contributed by atoms with Crippen molar-refractivity contribution in [2.24, 2.45) is 5.92 Å². The molecule has 0 unspecified atom stereocenters. The third kappa shape index (κ3) is 4.64. The number of methoxy groups -OCH3 is 2. The average molecular weight is 375 g/mol. The van der Waals surface area contributed by atoms with E-state index < -0.39 is 18.1 Å². The lowest BCUT2D eigenvalue weighted by Gasteiger charge is -2.30. The van der Waals surface area contributed by atoms with Crippen molar-refractivity contribution in [3.8, 4) is 0 Å². The third-order valence-corrected chi connectivity index (χ3v) is 4.81. The van der Waals surface area contributed by atoms with E-state index in [2.05, 4.69) is 10.6 Å². The van der Waals surface area contributed by atoms with Crippen LogP contribution in [0.1, 0.15) is 24.8 Å². The van der Waals surface area contributed by atoms with E-state index in [0.29, 0.717) is 5.69 Å². The number of carbonyl (C=O) groups is 3. The van der Waals surface area contributed by atoms with Crippen LogP contribution >= 0.6 is 0 Å². The van der Waals surface area contributed by atoms with Crippen molar-refractivity contribution in [2.45, 2.75) is 32.0 Å². The van der Waals surface area contributed by atoms with Gasteiger partial charge < -0.3 is 25.0 Å². The van der Waals surface area contributed by atoms with Crippen LogP contribution in [0.25, 0.3) is 0 Å². The molecule has 0 bridgehead atoms. The van der Waals surface area contributed by atoms with E-state index in [1.807, 2.05) is 17.0 Å². The average Bonchev–Trinajstić information content (AvgIpc) is 3.52. The Hall–Kier alpha value is -2.45. The maximum absolute atomic E-state index is 12.4. The number of nitrogens with one attached hydrogen (secondary N) is 2. The summed E-state index contributed by atoms with van der Waals surface area (Å²) in [4.78, 5) is 38.3. The van der Waals surface area contributed by atoms with Gasteiger partial charge in [0.15, 0.2) is 6.29 Å². The summed E-state index contributed by atoms with van der Waals surface area (Å²) >= 11 is 0. The summed E-state index contributed by atoms with van der Waals surface area (Å²) < 4.78 is 9.92. The van der Waals surface area contributed by atoms with Gasteiger partial charge in [-0.2, -0.15) is 0 Å².